The molecule has 2 nitrogen and oxygen atoms in total. The van der Waals surface area contributed by atoms with Gasteiger partial charge in [0.15, 0.2) is 5.15 Å². The van der Waals surface area contributed by atoms with Crippen molar-refractivity contribution in [1.82, 2.24) is 10.2 Å². The van der Waals surface area contributed by atoms with Crippen molar-refractivity contribution in [2.24, 2.45) is 0 Å². The molecular formula is C11H7BrCl2N2. The summed E-state index contributed by atoms with van der Waals surface area (Å²) in [5.41, 5.74) is 2.89. The molecule has 1 aromatic carbocycles. The molecule has 0 aliphatic rings. The monoisotopic (exact) mass is 316 g/mol. The maximum absolute atomic E-state index is 5.88. The Morgan fingerprint density at radius 3 is 2.31 bits per heavy atom. The first-order chi connectivity index (χ1) is 7.70. The molecule has 0 radical (unpaired) electrons. The first-order valence-electron chi connectivity index (χ1n) is 4.54. The summed E-state index contributed by atoms with van der Waals surface area (Å²) in [6.07, 6.45) is 0. The summed E-state index contributed by atoms with van der Waals surface area (Å²) in [4.78, 5) is 0. The lowest BCUT2D eigenvalue weighted by Crippen LogP contribution is -1.89. The van der Waals surface area contributed by atoms with Crippen molar-refractivity contribution in [1.29, 1.82) is 0 Å². The van der Waals surface area contributed by atoms with Crippen molar-refractivity contribution in [2.45, 2.75) is 5.33 Å². The van der Waals surface area contributed by atoms with Crippen LogP contribution in [0.1, 0.15) is 5.56 Å². The van der Waals surface area contributed by atoms with Gasteiger partial charge in [0.25, 0.3) is 0 Å². The van der Waals surface area contributed by atoms with E-state index in [0.29, 0.717) is 5.02 Å². The molecule has 0 saturated carbocycles. The van der Waals surface area contributed by atoms with Gasteiger partial charge in [-0.3, -0.25) is 0 Å². The molecular weight excluding hydrogens is 311 g/mol. The molecule has 2 aromatic rings. The van der Waals surface area contributed by atoms with Crippen LogP contribution < -0.4 is 0 Å². The van der Waals surface area contributed by atoms with Gasteiger partial charge in [-0.25, -0.2) is 0 Å². The highest BCUT2D eigenvalue weighted by Crippen LogP contribution is 2.24. The SMILES string of the molecule is Clc1cc(-c2ccc(CBr)cc2)nnc1Cl. The molecule has 0 spiro atoms. The number of nitrogens with zero attached hydrogens (tertiary/aromatic N) is 2. The van der Waals surface area contributed by atoms with E-state index in [9.17, 15) is 0 Å². The van der Waals surface area contributed by atoms with Crippen molar-refractivity contribution in [3.05, 3.63) is 46.1 Å². The molecule has 82 valence electrons. The molecule has 0 N–H and O–H groups in total. The Balaban J connectivity index is 2.38. The van der Waals surface area contributed by atoms with Gasteiger partial charge in [0.05, 0.1) is 10.7 Å². The first kappa shape index (κ1) is 11.8. The molecule has 5 heteroatoms. The average Bonchev–Trinajstić information content (AvgIpc) is 2.33. The summed E-state index contributed by atoms with van der Waals surface area (Å²) >= 11 is 15.0. The third kappa shape index (κ3) is 2.54. The highest BCUT2D eigenvalue weighted by atomic mass is 79.9. The fourth-order valence-corrected chi connectivity index (χ4v) is 1.87. The van der Waals surface area contributed by atoms with Gasteiger partial charge < -0.3 is 0 Å². The zero-order chi connectivity index (χ0) is 11.5. The van der Waals surface area contributed by atoms with Gasteiger partial charge in [-0.2, -0.15) is 0 Å². The van der Waals surface area contributed by atoms with E-state index in [4.69, 9.17) is 23.2 Å². The van der Waals surface area contributed by atoms with Crippen LogP contribution in [0.4, 0.5) is 0 Å². The second-order valence-electron chi connectivity index (χ2n) is 3.20. The highest BCUT2D eigenvalue weighted by molar-refractivity contribution is 9.08. The molecule has 0 unspecified atom stereocenters. The number of aromatic nitrogens is 2. The van der Waals surface area contributed by atoms with Gasteiger partial charge in [-0.1, -0.05) is 63.4 Å². The van der Waals surface area contributed by atoms with Gasteiger partial charge >= 0.3 is 0 Å². The maximum Gasteiger partial charge on any atom is 0.170 e. The Morgan fingerprint density at radius 1 is 1.06 bits per heavy atom. The Kier molecular flexibility index (Phi) is 3.79. The smallest absolute Gasteiger partial charge is 0.149 e. The standard InChI is InChI=1S/C11H7BrCl2N2/c12-6-7-1-3-8(4-2-7)10-5-9(13)11(14)16-15-10/h1-5H,6H2. The Bertz CT molecular complexity index is 500. The number of benzene rings is 1. The molecule has 0 bridgehead atoms. The van der Waals surface area contributed by atoms with E-state index in [2.05, 4.69) is 26.1 Å². The normalized spacial score (nSPS) is 10.4. The van der Waals surface area contributed by atoms with Crippen LogP contribution >= 0.6 is 39.1 Å². The predicted molar refractivity (Wildman–Crippen MR) is 70.1 cm³/mol. The number of rotatable bonds is 2. The molecule has 1 aromatic heterocycles. The molecule has 0 atom stereocenters. The fraction of sp³-hybridized carbons (Fsp3) is 0.0909. The predicted octanol–water partition coefficient (Wildman–Crippen LogP) is 4.35. The minimum atomic E-state index is 0.225. The summed E-state index contributed by atoms with van der Waals surface area (Å²) in [5.74, 6) is 0. The van der Waals surface area contributed by atoms with Crippen molar-refractivity contribution in [3.63, 3.8) is 0 Å². The highest BCUT2D eigenvalue weighted by Gasteiger charge is 2.04. The number of hydrogen-bond donors (Lipinski definition) is 0. The van der Waals surface area contributed by atoms with Crippen LogP contribution in [-0.2, 0) is 5.33 Å². The third-order valence-electron chi connectivity index (χ3n) is 2.11. The van der Waals surface area contributed by atoms with Crippen LogP contribution in [0, 0.1) is 0 Å². The Hall–Kier alpha value is -0.640. The van der Waals surface area contributed by atoms with E-state index in [1.165, 1.54) is 5.56 Å². The third-order valence-corrected chi connectivity index (χ3v) is 3.42. The lowest BCUT2D eigenvalue weighted by Gasteiger charge is -2.02. The largest absolute Gasteiger partial charge is 0.170 e. The van der Waals surface area contributed by atoms with E-state index in [1.807, 2.05) is 24.3 Å². The molecule has 16 heavy (non-hydrogen) atoms. The van der Waals surface area contributed by atoms with Crippen molar-refractivity contribution in [2.75, 3.05) is 0 Å². The lowest BCUT2D eigenvalue weighted by atomic mass is 10.1. The molecule has 0 saturated heterocycles. The molecule has 0 amide bonds. The first-order valence-corrected chi connectivity index (χ1v) is 6.42. The number of halogens is 3. The summed E-state index contributed by atoms with van der Waals surface area (Å²) in [6.45, 7) is 0. The quantitative estimate of drug-likeness (QED) is 0.770. The van der Waals surface area contributed by atoms with E-state index in [-0.39, 0.29) is 5.15 Å². The summed E-state index contributed by atoms with van der Waals surface area (Å²) in [5, 5.41) is 9.23. The summed E-state index contributed by atoms with van der Waals surface area (Å²) in [7, 11) is 0. The minimum absolute atomic E-state index is 0.225. The van der Waals surface area contributed by atoms with Crippen molar-refractivity contribution >= 4 is 39.1 Å². The second-order valence-corrected chi connectivity index (χ2v) is 4.52. The number of alkyl halides is 1. The second kappa shape index (κ2) is 5.13. The average molecular weight is 318 g/mol. The van der Waals surface area contributed by atoms with E-state index in [1.54, 1.807) is 6.07 Å². The van der Waals surface area contributed by atoms with Crippen LogP contribution in [0.25, 0.3) is 11.3 Å². The van der Waals surface area contributed by atoms with E-state index < -0.39 is 0 Å². The van der Waals surface area contributed by atoms with E-state index in [0.717, 1.165) is 16.6 Å². The lowest BCUT2D eigenvalue weighted by molar-refractivity contribution is 1.04. The molecule has 0 aliphatic heterocycles. The van der Waals surface area contributed by atoms with Crippen LogP contribution in [-0.4, -0.2) is 10.2 Å². The van der Waals surface area contributed by atoms with Crippen molar-refractivity contribution in [3.8, 4) is 11.3 Å². The van der Waals surface area contributed by atoms with Gasteiger partial charge in [-0.15, -0.1) is 10.2 Å². The van der Waals surface area contributed by atoms with Gasteiger partial charge in [0, 0.05) is 10.9 Å². The summed E-state index contributed by atoms with van der Waals surface area (Å²) in [6, 6.07) is 9.71. The fourth-order valence-electron chi connectivity index (χ4n) is 1.26. The molecule has 1 heterocycles. The van der Waals surface area contributed by atoms with Gasteiger partial charge in [0.2, 0.25) is 0 Å². The topological polar surface area (TPSA) is 25.8 Å². The van der Waals surface area contributed by atoms with Gasteiger partial charge in [0.1, 0.15) is 0 Å². The maximum atomic E-state index is 5.88. The number of hydrogen-bond acceptors (Lipinski definition) is 2. The zero-order valence-corrected chi connectivity index (χ0v) is 11.2. The molecule has 0 aliphatic carbocycles. The van der Waals surface area contributed by atoms with Crippen LogP contribution in [0.5, 0.6) is 0 Å². The molecule has 2 rings (SSSR count). The Labute approximate surface area is 112 Å². The van der Waals surface area contributed by atoms with E-state index >= 15 is 0 Å². The van der Waals surface area contributed by atoms with Gasteiger partial charge in [-0.05, 0) is 11.6 Å². The van der Waals surface area contributed by atoms with Crippen LogP contribution in [0.3, 0.4) is 0 Å². The van der Waals surface area contributed by atoms with Crippen molar-refractivity contribution < 1.29 is 0 Å². The van der Waals surface area contributed by atoms with Crippen LogP contribution in [0.2, 0.25) is 10.2 Å². The Morgan fingerprint density at radius 2 is 1.75 bits per heavy atom. The molecule has 0 fully saturated rings. The zero-order valence-electron chi connectivity index (χ0n) is 8.12. The minimum Gasteiger partial charge on any atom is -0.149 e. The summed E-state index contributed by atoms with van der Waals surface area (Å²) < 4.78 is 0. The van der Waals surface area contributed by atoms with Crippen LogP contribution in [0.15, 0.2) is 30.3 Å².